The van der Waals surface area contributed by atoms with Gasteiger partial charge in [-0.3, -0.25) is 24.8 Å². The van der Waals surface area contributed by atoms with Crippen molar-refractivity contribution in [1.82, 2.24) is 20.5 Å². The van der Waals surface area contributed by atoms with Crippen molar-refractivity contribution in [2.75, 3.05) is 32.0 Å². The summed E-state index contributed by atoms with van der Waals surface area (Å²) in [6.07, 6.45) is 7.49. The van der Waals surface area contributed by atoms with Crippen molar-refractivity contribution in [1.29, 1.82) is 0 Å². The van der Waals surface area contributed by atoms with Crippen molar-refractivity contribution in [3.8, 4) is 28.4 Å². The first-order chi connectivity index (χ1) is 22.7. The van der Waals surface area contributed by atoms with Crippen LogP contribution < -0.4 is 35.6 Å². The Morgan fingerprint density at radius 1 is 1.02 bits per heavy atom. The summed E-state index contributed by atoms with van der Waals surface area (Å²) >= 11 is 0. The highest BCUT2D eigenvalue weighted by Crippen LogP contribution is 2.50. The maximum absolute atomic E-state index is 13.9. The number of benzene rings is 1. The number of rotatable bonds is 11. The lowest BCUT2D eigenvalue weighted by Gasteiger charge is -2.23. The lowest BCUT2D eigenvalue weighted by molar-refractivity contribution is -0.120. The Balaban J connectivity index is 1.53. The minimum atomic E-state index is -0.746. The molecule has 1 saturated carbocycles. The fourth-order valence-corrected chi connectivity index (χ4v) is 6.77. The average molecular weight is 647 g/mol. The summed E-state index contributed by atoms with van der Waals surface area (Å²) < 4.78 is 17.2. The normalized spacial score (nSPS) is 17.3. The van der Waals surface area contributed by atoms with Gasteiger partial charge in [0, 0.05) is 18.4 Å². The molecule has 2 aliphatic rings. The zero-order chi connectivity index (χ0) is 33.7. The SMILES string of the molecule is CCC(C)C(Nc1ccc2c(cc1=O)C(NC(C)=O)CCc1cc(OC)c(OC)c(OC)c1-2)C(=O)Nc1n[nH]c(C2CCCCC2)n1. The lowest BCUT2D eigenvalue weighted by Crippen LogP contribution is -2.41. The molecule has 2 aliphatic carbocycles. The van der Waals surface area contributed by atoms with E-state index < -0.39 is 12.1 Å². The molecule has 252 valence electrons. The van der Waals surface area contributed by atoms with E-state index in [1.165, 1.54) is 13.3 Å². The summed E-state index contributed by atoms with van der Waals surface area (Å²) in [7, 11) is 4.67. The number of hydrogen-bond acceptors (Lipinski definition) is 9. The van der Waals surface area contributed by atoms with Gasteiger partial charge in [-0.15, -0.1) is 5.10 Å². The molecule has 0 saturated heterocycles. The largest absolute Gasteiger partial charge is 0.493 e. The summed E-state index contributed by atoms with van der Waals surface area (Å²) in [5.41, 5.74) is 2.96. The molecule has 12 heteroatoms. The van der Waals surface area contributed by atoms with E-state index >= 15 is 0 Å². The third-order valence-electron chi connectivity index (χ3n) is 9.45. The Kier molecular flexibility index (Phi) is 10.7. The smallest absolute Gasteiger partial charge is 0.249 e. The van der Waals surface area contributed by atoms with Gasteiger partial charge in [0.25, 0.3) is 0 Å². The molecule has 1 fully saturated rings. The van der Waals surface area contributed by atoms with Crippen LogP contribution in [0.5, 0.6) is 17.2 Å². The second-order valence-electron chi connectivity index (χ2n) is 12.5. The van der Waals surface area contributed by atoms with Gasteiger partial charge in [-0.2, -0.15) is 4.98 Å². The van der Waals surface area contributed by atoms with Crippen molar-refractivity contribution < 1.29 is 23.8 Å². The van der Waals surface area contributed by atoms with E-state index in [4.69, 9.17) is 14.2 Å². The Bertz CT molecular complexity index is 1670. The summed E-state index contributed by atoms with van der Waals surface area (Å²) in [4.78, 5) is 44.5. The van der Waals surface area contributed by atoms with Gasteiger partial charge in [-0.05, 0) is 66.5 Å². The molecule has 0 aliphatic heterocycles. The third kappa shape index (κ3) is 7.21. The van der Waals surface area contributed by atoms with Crippen LogP contribution in [0.3, 0.4) is 0 Å². The van der Waals surface area contributed by atoms with Crippen LogP contribution in [-0.4, -0.2) is 54.4 Å². The van der Waals surface area contributed by atoms with E-state index in [1.54, 1.807) is 33.5 Å². The second-order valence-corrected chi connectivity index (χ2v) is 12.5. The highest BCUT2D eigenvalue weighted by atomic mass is 16.5. The second kappa shape index (κ2) is 14.9. The predicted molar refractivity (Wildman–Crippen MR) is 180 cm³/mol. The first-order valence-electron chi connectivity index (χ1n) is 16.5. The number of hydrogen-bond donors (Lipinski definition) is 4. The molecule has 1 heterocycles. The quantitative estimate of drug-likeness (QED) is 0.211. The Morgan fingerprint density at radius 3 is 2.43 bits per heavy atom. The zero-order valence-corrected chi connectivity index (χ0v) is 28.1. The number of aromatic nitrogens is 3. The Hall–Kier alpha value is -4.61. The van der Waals surface area contributed by atoms with Crippen molar-refractivity contribution in [2.24, 2.45) is 5.92 Å². The monoisotopic (exact) mass is 646 g/mol. The number of anilines is 2. The van der Waals surface area contributed by atoms with Gasteiger partial charge in [-0.25, -0.2) is 0 Å². The van der Waals surface area contributed by atoms with Gasteiger partial charge in [0.05, 0.1) is 33.1 Å². The van der Waals surface area contributed by atoms with Crippen LogP contribution in [0.2, 0.25) is 0 Å². The van der Waals surface area contributed by atoms with Gasteiger partial charge in [0.1, 0.15) is 11.9 Å². The van der Waals surface area contributed by atoms with E-state index in [0.29, 0.717) is 53.6 Å². The van der Waals surface area contributed by atoms with Gasteiger partial charge >= 0.3 is 0 Å². The summed E-state index contributed by atoms with van der Waals surface area (Å²) in [6.45, 7) is 5.41. The number of ether oxygens (including phenoxy) is 3. The van der Waals surface area contributed by atoms with Crippen LogP contribution in [-0.2, 0) is 16.0 Å². The third-order valence-corrected chi connectivity index (χ3v) is 9.45. The Labute approximate surface area is 275 Å². The number of carbonyl (C=O) groups is 2. The minimum Gasteiger partial charge on any atom is -0.493 e. The molecule has 3 atom stereocenters. The van der Waals surface area contributed by atoms with E-state index in [1.807, 2.05) is 26.0 Å². The van der Waals surface area contributed by atoms with Crippen LogP contribution in [0.15, 0.2) is 29.1 Å². The van der Waals surface area contributed by atoms with Gasteiger partial charge in [0.2, 0.25) is 28.9 Å². The molecule has 3 aromatic rings. The zero-order valence-electron chi connectivity index (χ0n) is 28.1. The van der Waals surface area contributed by atoms with Crippen molar-refractivity contribution in [3.63, 3.8) is 0 Å². The summed E-state index contributed by atoms with van der Waals surface area (Å²) in [5, 5.41) is 16.4. The lowest BCUT2D eigenvalue weighted by atomic mass is 9.89. The standard InChI is InChI=1S/C35H46N6O6/c1-7-19(2)30(34(44)39-35-38-33(40-41-35)21-11-9-8-10-12-21)37-26-16-14-23-24(18-27(26)43)25(36-20(3)42)15-13-22-17-28(45-4)31(46-5)32(47-6)29(22)23/h14,16-19,21,25,30H,7-13,15H2,1-6H3,(H,36,42)(H,37,43)(H2,38,39,40,41,44). The molecule has 0 radical (unpaired) electrons. The molecule has 2 aromatic carbocycles. The molecule has 5 rings (SSSR count). The van der Waals surface area contributed by atoms with E-state index in [9.17, 15) is 14.4 Å². The fourth-order valence-electron chi connectivity index (χ4n) is 6.77. The number of fused-ring (bicyclic) bond motifs is 3. The molecule has 3 unspecified atom stereocenters. The van der Waals surface area contributed by atoms with E-state index in [2.05, 4.69) is 31.1 Å². The minimum absolute atomic E-state index is 0.126. The van der Waals surface area contributed by atoms with Crippen LogP contribution in [0.25, 0.3) is 11.1 Å². The van der Waals surface area contributed by atoms with Crippen molar-refractivity contribution in [2.45, 2.75) is 90.1 Å². The van der Waals surface area contributed by atoms with Crippen LogP contribution in [0.1, 0.15) is 94.6 Å². The number of aryl methyl sites for hydroxylation is 1. The average Bonchev–Trinajstić information content (AvgIpc) is 3.42. The molecule has 2 amide bonds. The number of nitrogens with one attached hydrogen (secondary N) is 4. The van der Waals surface area contributed by atoms with Gasteiger partial charge in [0.15, 0.2) is 11.5 Å². The molecule has 0 bridgehead atoms. The van der Waals surface area contributed by atoms with Crippen LogP contribution in [0, 0.1) is 5.92 Å². The van der Waals surface area contributed by atoms with E-state index in [-0.39, 0.29) is 34.8 Å². The molecular weight excluding hydrogens is 600 g/mol. The predicted octanol–water partition coefficient (Wildman–Crippen LogP) is 5.49. The summed E-state index contributed by atoms with van der Waals surface area (Å²) in [6, 6.07) is 5.79. The number of methoxy groups -OCH3 is 3. The highest BCUT2D eigenvalue weighted by Gasteiger charge is 2.31. The molecular formula is C35H46N6O6. The first kappa shape index (κ1) is 33.7. The van der Waals surface area contributed by atoms with Crippen LogP contribution >= 0.6 is 0 Å². The number of nitrogens with zero attached hydrogens (tertiary/aromatic N) is 2. The van der Waals surface area contributed by atoms with Crippen molar-refractivity contribution in [3.05, 3.63) is 51.4 Å². The first-order valence-corrected chi connectivity index (χ1v) is 16.5. The summed E-state index contributed by atoms with van der Waals surface area (Å²) in [5.74, 6) is 2.09. The highest BCUT2D eigenvalue weighted by molar-refractivity contribution is 5.95. The maximum Gasteiger partial charge on any atom is 0.249 e. The topological polar surface area (TPSA) is 157 Å². The van der Waals surface area contributed by atoms with Gasteiger partial charge < -0.3 is 24.8 Å². The number of carbonyl (C=O) groups excluding carboxylic acids is 2. The molecule has 47 heavy (non-hydrogen) atoms. The molecule has 4 N–H and O–H groups in total. The number of amides is 2. The van der Waals surface area contributed by atoms with E-state index in [0.717, 1.165) is 42.6 Å². The van der Waals surface area contributed by atoms with Crippen molar-refractivity contribution >= 4 is 23.5 Å². The fraction of sp³-hybridized carbons (Fsp3) is 0.514. The number of aromatic amines is 1. The van der Waals surface area contributed by atoms with Crippen LogP contribution in [0.4, 0.5) is 11.6 Å². The molecule has 12 nitrogen and oxygen atoms in total. The van der Waals surface area contributed by atoms with Gasteiger partial charge in [-0.1, -0.05) is 45.6 Å². The molecule has 1 aromatic heterocycles. The maximum atomic E-state index is 13.9. The number of H-pyrrole nitrogens is 1. The Morgan fingerprint density at radius 2 is 1.77 bits per heavy atom. The molecule has 0 spiro atoms.